The van der Waals surface area contributed by atoms with Gasteiger partial charge in [0.05, 0.1) is 18.6 Å². The van der Waals surface area contributed by atoms with Crippen molar-refractivity contribution in [2.75, 3.05) is 45.9 Å². The van der Waals surface area contributed by atoms with E-state index < -0.39 is 6.36 Å². The molecule has 2 fully saturated rings. The molecule has 0 aliphatic carbocycles. The Hall–Kier alpha value is -2.33. The zero-order chi connectivity index (χ0) is 24.0. The topological polar surface area (TPSA) is 62.3 Å². The van der Waals surface area contributed by atoms with Crippen molar-refractivity contribution in [3.63, 3.8) is 0 Å². The standard InChI is InChI=1S/C23H32F3N3O4/c1-3-32-22(31)19-5-4-10-29(16-19)21(30)17(2)28-13-11-27(12-14-28)15-18-6-8-20(9-7-18)33-23(24,25)26/h6-9,17,19H,3-5,10-16H2,1-2H3. The maximum atomic E-state index is 13.1. The van der Waals surface area contributed by atoms with Crippen LogP contribution in [0.15, 0.2) is 24.3 Å². The number of hydrogen-bond acceptors (Lipinski definition) is 6. The summed E-state index contributed by atoms with van der Waals surface area (Å²) in [7, 11) is 0. The van der Waals surface area contributed by atoms with Gasteiger partial charge in [0.1, 0.15) is 5.75 Å². The summed E-state index contributed by atoms with van der Waals surface area (Å²) in [6.07, 6.45) is -3.15. The number of amides is 1. The maximum absolute atomic E-state index is 13.1. The minimum atomic E-state index is -4.69. The van der Waals surface area contributed by atoms with Crippen LogP contribution in [0, 0.1) is 5.92 Å². The van der Waals surface area contributed by atoms with Gasteiger partial charge in [-0.05, 0) is 44.4 Å². The first kappa shape index (κ1) is 25.3. The van der Waals surface area contributed by atoms with Crippen LogP contribution in [0.5, 0.6) is 5.75 Å². The van der Waals surface area contributed by atoms with Gasteiger partial charge in [0.2, 0.25) is 5.91 Å². The van der Waals surface area contributed by atoms with Gasteiger partial charge in [-0.25, -0.2) is 0 Å². The molecule has 2 saturated heterocycles. The number of piperidine rings is 1. The molecule has 1 aromatic rings. The molecule has 2 unspecified atom stereocenters. The fraction of sp³-hybridized carbons (Fsp3) is 0.652. The summed E-state index contributed by atoms with van der Waals surface area (Å²) in [4.78, 5) is 31.3. The average Bonchev–Trinajstić information content (AvgIpc) is 2.79. The molecule has 0 N–H and O–H groups in total. The Morgan fingerprint density at radius 1 is 1.09 bits per heavy atom. The molecule has 0 aromatic heterocycles. The highest BCUT2D eigenvalue weighted by Gasteiger charge is 2.34. The van der Waals surface area contributed by atoms with E-state index in [4.69, 9.17) is 4.74 Å². The lowest BCUT2D eigenvalue weighted by molar-refractivity contribution is -0.274. The van der Waals surface area contributed by atoms with Crippen LogP contribution in [0.3, 0.4) is 0 Å². The Kier molecular flexibility index (Phi) is 8.58. The fourth-order valence-electron chi connectivity index (χ4n) is 4.41. The zero-order valence-electron chi connectivity index (χ0n) is 19.1. The molecule has 2 aliphatic heterocycles. The number of likely N-dealkylation sites (tertiary alicyclic amines) is 1. The van der Waals surface area contributed by atoms with Gasteiger partial charge in [0.15, 0.2) is 0 Å². The number of piperazine rings is 1. The molecule has 1 aromatic carbocycles. The van der Waals surface area contributed by atoms with E-state index in [0.29, 0.717) is 26.2 Å². The molecule has 0 saturated carbocycles. The van der Waals surface area contributed by atoms with E-state index in [9.17, 15) is 22.8 Å². The highest BCUT2D eigenvalue weighted by atomic mass is 19.4. The van der Waals surface area contributed by atoms with Crippen molar-refractivity contribution in [3.05, 3.63) is 29.8 Å². The number of nitrogens with zero attached hydrogens (tertiary/aromatic N) is 3. The average molecular weight is 472 g/mol. The third-order valence-corrected chi connectivity index (χ3v) is 6.23. The van der Waals surface area contributed by atoms with Crippen molar-refractivity contribution in [2.45, 2.75) is 45.6 Å². The first-order valence-corrected chi connectivity index (χ1v) is 11.4. The molecule has 0 radical (unpaired) electrons. The Bertz CT molecular complexity index is 795. The van der Waals surface area contributed by atoms with Crippen molar-refractivity contribution in [1.82, 2.24) is 14.7 Å². The molecular formula is C23H32F3N3O4. The van der Waals surface area contributed by atoms with Crippen LogP contribution in [0.1, 0.15) is 32.3 Å². The molecule has 7 nitrogen and oxygen atoms in total. The van der Waals surface area contributed by atoms with Crippen LogP contribution in [0.4, 0.5) is 13.2 Å². The Morgan fingerprint density at radius 3 is 2.36 bits per heavy atom. The summed E-state index contributed by atoms with van der Waals surface area (Å²) in [5.41, 5.74) is 0.903. The summed E-state index contributed by atoms with van der Waals surface area (Å²) in [5.74, 6) is -0.669. The number of benzene rings is 1. The molecule has 0 spiro atoms. The second-order valence-electron chi connectivity index (χ2n) is 8.56. The predicted molar refractivity (Wildman–Crippen MR) is 115 cm³/mol. The van der Waals surface area contributed by atoms with Crippen LogP contribution in [0.2, 0.25) is 0 Å². The maximum Gasteiger partial charge on any atom is 0.573 e. The van der Waals surface area contributed by atoms with E-state index in [1.54, 1.807) is 24.0 Å². The Balaban J connectivity index is 1.46. The Labute approximate surface area is 192 Å². The predicted octanol–water partition coefficient (Wildman–Crippen LogP) is 2.89. The van der Waals surface area contributed by atoms with Gasteiger partial charge in [-0.15, -0.1) is 13.2 Å². The van der Waals surface area contributed by atoms with Crippen molar-refractivity contribution in [1.29, 1.82) is 0 Å². The lowest BCUT2D eigenvalue weighted by Gasteiger charge is -2.40. The molecule has 2 aliphatic rings. The number of ether oxygens (including phenoxy) is 2. The zero-order valence-corrected chi connectivity index (χ0v) is 19.1. The number of carbonyl (C=O) groups excluding carboxylic acids is 2. The van der Waals surface area contributed by atoms with Gasteiger partial charge in [0, 0.05) is 45.8 Å². The van der Waals surface area contributed by atoms with Gasteiger partial charge in [-0.1, -0.05) is 12.1 Å². The molecule has 33 heavy (non-hydrogen) atoms. The highest BCUT2D eigenvalue weighted by Crippen LogP contribution is 2.24. The molecule has 2 atom stereocenters. The van der Waals surface area contributed by atoms with Crippen molar-refractivity contribution in [2.24, 2.45) is 5.92 Å². The molecule has 10 heteroatoms. The number of rotatable bonds is 7. The van der Waals surface area contributed by atoms with Gasteiger partial charge in [-0.3, -0.25) is 19.4 Å². The lowest BCUT2D eigenvalue weighted by Crippen LogP contribution is -2.55. The third-order valence-electron chi connectivity index (χ3n) is 6.23. The largest absolute Gasteiger partial charge is 0.573 e. The summed E-state index contributed by atoms with van der Waals surface area (Å²) >= 11 is 0. The molecule has 0 bridgehead atoms. The normalized spacial score (nSPS) is 21.5. The lowest BCUT2D eigenvalue weighted by atomic mass is 9.97. The van der Waals surface area contributed by atoms with Crippen LogP contribution in [0.25, 0.3) is 0 Å². The van der Waals surface area contributed by atoms with Crippen molar-refractivity contribution < 1.29 is 32.2 Å². The molecule has 2 heterocycles. The smallest absolute Gasteiger partial charge is 0.466 e. The van der Waals surface area contributed by atoms with E-state index in [2.05, 4.69) is 14.5 Å². The van der Waals surface area contributed by atoms with E-state index in [0.717, 1.165) is 44.6 Å². The molecular weight excluding hydrogens is 439 g/mol. The summed E-state index contributed by atoms with van der Waals surface area (Å²) < 4.78 is 45.9. The van der Waals surface area contributed by atoms with Gasteiger partial charge >= 0.3 is 12.3 Å². The SMILES string of the molecule is CCOC(=O)C1CCCN(C(=O)C(C)N2CCN(Cc3ccc(OC(F)(F)F)cc3)CC2)C1. The minimum absolute atomic E-state index is 0.0395. The number of alkyl halides is 3. The van der Waals surface area contributed by atoms with Gasteiger partial charge in [0.25, 0.3) is 0 Å². The molecule has 3 rings (SSSR count). The number of carbonyl (C=O) groups is 2. The molecule has 184 valence electrons. The third kappa shape index (κ3) is 7.33. The van der Waals surface area contributed by atoms with E-state index in [-0.39, 0.29) is 29.6 Å². The van der Waals surface area contributed by atoms with E-state index >= 15 is 0 Å². The van der Waals surface area contributed by atoms with Gasteiger partial charge in [-0.2, -0.15) is 0 Å². The van der Waals surface area contributed by atoms with Crippen LogP contribution >= 0.6 is 0 Å². The second-order valence-corrected chi connectivity index (χ2v) is 8.56. The molecule has 1 amide bonds. The van der Waals surface area contributed by atoms with Crippen LogP contribution in [-0.4, -0.2) is 84.9 Å². The van der Waals surface area contributed by atoms with Crippen LogP contribution in [-0.2, 0) is 20.9 Å². The van der Waals surface area contributed by atoms with Crippen molar-refractivity contribution >= 4 is 11.9 Å². The second kappa shape index (κ2) is 11.2. The minimum Gasteiger partial charge on any atom is -0.466 e. The number of halogens is 3. The number of esters is 1. The quantitative estimate of drug-likeness (QED) is 0.570. The summed E-state index contributed by atoms with van der Waals surface area (Å²) in [6, 6.07) is 5.64. The monoisotopic (exact) mass is 471 g/mol. The number of hydrogen-bond donors (Lipinski definition) is 0. The van der Waals surface area contributed by atoms with E-state index in [1.165, 1.54) is 12.1 Å². The van der Waals surface area contributed by atoms with Crippen LogP contribution < -0.4 is 4.74 Å². The Morgan fingerprint density at radius 2 is 1.76 bits per heavy atom. The van der Waals surface area contributed by atoms with Gasteiger partial charge < -0.3 is 14.4 Å². The summed E-state index contributed by atoms with van der Waals surface area (Å²) in [6.45, 7) is 8.67. The first-order chi connectivity index (χ1) is 15.7. The highest BCUT2D eigenvalue weighted by molar-refractivity contribution is 5.82. The fourth-order valence-corrected chi connectivity index (χ4v) is 4.41. The van der Waals surface area contributed by atoms with Crippen molar-refractivity contribution in [3.8, 4) is 5.75 Å². The summed E-state index contributed by atoms with van der Waals surface area (Å²) in [5, 5.41) is 0. The van der Waals surface area contributed by atoms with E-state index in [1.807, 2.05) is 6.92 Å². The first-order valence-electron chi connectivity index (χ1n) is 11.4.